The number of hydrogen-bond acceptors (Lipinski definition) is 8. The zero-order valence-corrected chi connectivity index (χ0v) is 21.2. The fraction of sp³-hybridized carbons (Fsp3) is 0.417. The molecule has 4 aromatic rings. The summed E-state index contributed by atoms with van der Waals surface area (Å²) >= 11 is 8.23. The van der Waals surface area contributed by atoms with Crippen molar-refractivity contribution in [2.24, 2.45) is 11.7 Å². The number of anilines is 2. The number of aromatic amines is 1. The second-order valence-corrected chi connectivity index (χ2v) is 10.5. The van der Waals surface area contributed by atoms with Gasteiger partial charge in [-0.05, 0) is 48.7 Å². The van der Waals surface area contributed by atoms with E-state index in [4.69, 9.17) is 27.3 Å². The van der Waals surface area contributed by atoms with Gasteiger partial charge in [0, 0.05) is 41.7 Å². The topological polar surface area (TPSA) is 109 Å². The molecule has 34 heavy (non-hydrogen) atoms. The van der Waals surface area contributed by atoms with Gasteiger partial charge in [0.25, 0.3) is 0 Å². The minimum absolute atomic E-state index is 0.142. The first-order valence-corrected chi connectivity index (χ1v) is 12.9. The van der Waals surface area contributed by atoms with E-state index < -0.39 is 0 Å². The highest BCUT2D eigenvalue weighted by Crippen LogP contribution is 2.38. The Labute approximate surface area is 208 Å². The summed E-state index contributed by atoms with van der Waals surface area (Å²) in [5.41, 5.74) is 8.81. The highest BCUT2D eigenvalue weighted by Gasteiger charge is 2.26. The predicted molar refractivity (Wildman–Crippen MR) is 140 cm³/mol. The molecule has 1 aliphatic heterocycles. The number of benzene rings is 1. The molecule has 5 rings (SSSR count). The number of rotatable bonds is 7. The molecular weight excluding hydrogens is 468 g/mol. The van der Waals surface area contributed by atoms with Crippen LogP contribution in [0, 0.1) is 5.92 Å². The van der Waals surface area contributed by atoms with Crippen molar-refractivity contribution in [1.82, 2.24) is 24.9 Å². The van der Waals surface area contributed by atoms with Crippen molar-refractivity contribution in [2.75, 3.05) is 29.9 Å². The highest BCUT2D eigenvalue weighted by atomic mass is 35.5. The van der Waals surface area contributed by atoms with Gasteiger partial charge in [-0.25, -0.2) is 19.9 Å². The molecule has 8 nitrogen and oxygen atoms in total. The van der Waals surface area contributed by atoms with Crippen LogP contribution in [0.5, 0.6) is 0 Å². The monoisotopic (exact) mass is 496 g/mol. The smallest absolute Gasteiger partial charge is 0.196 e. The highest BCUT2D eigenvalue weighted by molar-refractivity contribution is 7.99. The number of hydrogen-bond donors (Lipinski definition) is 3. The lowest BCUT2D eigenvalue weighted by Crippen LogP contribution is -2.27. The summed E-state index contributed by atoms with van der Waals surface area (Å²) < 4.78 is 0. The number of aryl methyl sites for hydroxylation is 1. The molecule has 0 radical (unpaired) electrons. The second kappa shape index (κ2) is 9.56. The van der Waals surface area contributed by atoms with Gasteiger partial charge in [-0.1, -0.05) is 32.4 Å². The van der Waals surface area contributed by atoms with Crippen molar-refractivity contribution in [3.63, 3.8) is 0 Å². The van der Waals surface area contributed by atoms with Crippen molar-refractivity contribution in [3.05, 3.63) is 35.2 Å². The first-order valence-electron chi connectivity index (χ1n) is 11.7. The minimum Gasteiger partial charge on any atom is -0.369 e. The average molecular weight is 497 g/mol. The summed E-state index contributed by atoms with van der Waals surface area (Å²) in [5.74, 6) is 2.24. The molecule has 178 valence electrons. The van der Waals surface area contributed by atoms with Crippen LogP contribution >= 0.6 is 23.4 Å². The summed E-state index contributed by atoms with van der Waals surface area (Å²) in [5, 5.41) is 6.66. The van der Waals surface area contributed by atoms with Gasteiger partial charge in [0.15, 0.2) is 5.16 Å². The Hall–Kier alpha value is -2.62. The maximum absolute atomic E-state index is 6.72. The zero-order chi connectivity index (χ0) is 23.8. The molecule has 1 aliphatic rings. The Kier molecular flexibility index (Phi) is 6.50. The number of nitrogens with zero attached hydrogens (tertiary/aromatic N) is 5. The third-order valence-electron chi connectivity index (χ3n) is 6.00. The third kappa shape index (κ3) is 4.52. The number of nitrogens with one attached hydrogen (secondary N) is 2. The average Bonchev–Trinajstić information content (AvgIpc) is 3.39. The molecule has 1 fully saturated rings. The van der Waals surface area contributed by atoms with E-state index in [1.807, 2.05) is 0 Å². The Balaban J connectivity index is 1.51. The van der Waals surface area contributed by atoms with Crippen LogP contribution < -0.4 is 16.0 Å². The molecular formula is C24H29ClN8S. The third-order valence-corrected chi connectivity index (χ3v) is 7.27. The van der Waals surface area contributed by atoms with Gasteiger partial charge in [0.1, 0.15) is 23.6 Å². The van der Waals surface area contributed by atoms with E-state index in [-0.39, 0.29) is 6.04 Å². The maximum atomic E-state index is 6.72. The minimum atomic E-state index is 0.142. The van der Waals surface area contributed by atoms with Crippen molar-refractivity contribution >= 4 is 56.9 Å². The van der Waals surface area contributed by atoms with Gasteiger partial charge in [0.2, 0.25) is 0 Å². The molecule has 0 amide bonds. The van der Waals surface area contributed by atoms with E-state index in [9.17, 15) is 0 Å². The molecule has 1 aromatic carbocycles. The summed E-state index contributed by atoms with van der Waals surface area (Å²) in [6.45, 7) is 8.90. The number of H-pyrrole nitrogens is 1. The van der Waals surface area contributed by atoms with E-state index >= 15 is 0 Å². The van der Waals surface area contributed by atoms with Crippen LogP contribution in [0.3, 0.4) is 0 Å². The molecule has 0 bridgehead atoms. The second-order valence-electron chi connectivity index (χ2n) is 9.10. The molecule has 3 aromatic heterocycles. The van der Waals surface area contributed by atoms with Crippen LogP contribution in [0.15, 0.2) is 34.6 Å². The largest absolute Gasteiger partial charge is 0.369 e. The Bertz CT molecular complexity index is 1340. The van der Waals surface area contributed by atoms with Gasteiger partial charge in [-0.15, -0.1) is 0 Å². The van der Waals surface area contributed by atoms with Crippen LogP contribution in [0.2, 0.25) is 5.02 Å². The van der Waals surface area contributed by atoms with Crippen LogP contribution in [0.1, 0.15) is 32.9 Å². The normalized spacial score (nSPS) is 16.3. The summed E-state index contributed by atoms with van der Waals surface area (Å²) in [4.78, 5) is 25.3. The number of nitrogens with two attached hydrogens (primary N) is 1. The lowest BCUT2D eigenvalue weighted by molar-refractivity contribution is 0.687. The van der Waals surface area contributed by atoms with Gasteiger partial charge < -0.3 is 20.9 Å². The van der Waals surface area contributed by atoms with Crippen LogP contribution in [-0.4, -0.2) is 50.6 Å². The SMILES string of the molecule is CCc1[nH]c2nc(Sc3ccc4c(NCC(C)C)ncnc4c3)nc(N3CCC(N)C3)c2c1Cl. The molecule has 0 saturated carbocycles. The van der Waals surface area contributed by atoms with E-state index in [0.717, 1.165) is 76.6 Å². The van der Waals surface area contributed by atoms with E-state index in [2.05, 4.69) is 64.1 Å². The van der Waals surface area contributed by atoms with Crippen molar-refractivity contribution in [3.8, 4) is 0 Å². The number of halogens is 1. The lowest BCUT2D eigenvalue weighted by Gasteiger charge is -2.18. The van der Waals surface area contributed by atoms with E-state index in [0.29, 0.717) is 16.1 Å². The quantitative estimate of drug-likeness (QED) is 0.311. The Morgan fingerprint density at radius 3 is 2.88 bits per heavy atom. The lowest BCUT2D eigenvalue weighted by atomic mass is 10.2. The predicted octanol–water partition coefficient (Wildman–Crippen LogP) is 4.87. The number of fused-ring (bicyclic) bond motifs is 2. The van der Waals surface area contributed by atoms with Crippen LogP contribution in [0.4, 0.5) is 11.6 Å². The van der Waals surface area contributed by atoms with E-state index in [1.165, 1.54) is 11.8 Å². The summed E-state index contributed by atoms with van der Waals surface area (Å²) in [6.07, 6.45) is 3.34. The van der Waals surface area contributed by atoms with Crippen molar-refractivity contribution < 1.29 is 0 Å². The molecule has 1 atom stereocenters. The molecule has 1 saturated heterocycles. The molecule has 4 N–H and O–H groups in total. The van der Waals surface area contributed by atoms with Crippen LogP contribution in [-0.2, 0) is 6.42 Å². The maximum Gasteiger partial charge on any atom is 0.196 e. The Morgan fingerprint density at radius 1 is 1.29 bits per heavy atom. The molecule has 4 heterocycles. The molecule has 1 unspecified atom stereocenters. The van der Waals surface area contributed by atoms with Crippen molar-refractivity contribution in [2.45, 2.75) is 49.7 Å². The standard InChI is InChI=1S/C24H29ClN8S/c1-4-17-20(25)19-22(30-17)31-24(32-23(19)33-8-7-14(26)11-33)34-15-5-6-16-18(9-15)28-12-29-21(16)27-10-13(2)3/h5-6,9,12-14H,4,7-8,10-11,26H2,1-3H3,(H,27,28,29)(H,30,31,32). The molecule has 0 spiro atoms. The van der Waals surface area contributed by atoms with Gasteiger partial charge in [0.05, 0.1) is 15.9 Å². The molecule has 0 aliphatic carbocycles. The van der Waals surface area contributed by atoms with Gasteiger partial charge >= 0.3 is 0 Å². The first-order chi connectivity index (χ1) is 16.4. The van der Waals surface area contributed by atoms with Gasteiger partial charge in [-0.2, -0.15) is 0 Å². The first kappa shape index (κ1) is 23.1. The van der Waals surface area contributed by atoms with Crippen molar-refractivity contribution in [1.29, 1.82) is 0 Å². The summed E-state index contributed by atoms with van der Waals surface area (Å²) in [7, 11) is 0. The number of aromatic nitrogens is 5. The van der Waals surface area contributed by atoms with Crippen LogP contribution in [0.25, 0.3) is 21.9 Å². The summed E-state index contributed by atoms with van der Waals surface area (Å²) in [6, 6.07) is 6.32. The zero-order valence-electron chi connectivity index (χ0n) is 19.6. The molecule has 10 heteroatoms. The fourth-order valence-corrected chi connectivity index (χ4v) is 5.36. The Morgan fingerprint density at radius 2 is 2.15 bits per heavy atom. The van der Waals surface area contributed by atoms with Gasteiger partial charge in [-0.3, -0.25) is 0 Å². The fourth-order valence-electron chi connectivity index (χ4n) is 4.22. The van der Waals surface area contributed by atoms with E-state index in [1.54, 1.807) is 6.33 Å².